The first kappa shape index (κ1) is 17.8. The Kier molecular flexibility index (Phi) is 5.78. The van der Waals surface area contributed by atoms with Crippen molar-refractivity contribution in [3.63, 3.8) is 0 Å². The lowest BCUT2D eigenvalue weighted by molar-refractivity contribution is -0.148. The average molecular weight is 354 g/mol. The molecular weight excluding hydrogens is 332 g/mol. The van der Waals surface area contributed by atoms with Crippen LogP contribution in [-0.2, 0) is 9.53 Å². The number of nitrogens with one attached hydrogen (secondary N) is 1. The Morgan fingerprint density at radius 3 is 2.46 bits per heavy atom. The van der Waals surface area contributed by atoms with E-state index in [1.807, 2.05) is 37.3 Å². The second-order valence-corrected chi connectivity index (χ2v) is 6.11. The Labute approximate surface area is 152 Å². The number of nitrogens with zero attached hydrogens (tertiary/aromatic N) is 3. The molecule has 3 rings (SSSR count). The molecule has 0 saturated carbocycles. The van der Waals surface area contributed by atoms with Gasteiger partial charge in [-0.05, 0) is 44.0 Å². The predicted molar refractivity (Wildman–Crippen MR) is 98.0 cm³/mol. The van der Waals surface area contributed by atoms with Gasteiger partial charge in [-0.25, -0.2) is 0 Å². The molecular formula is C19H22N4O3. The third-order valence-corrected chi connectivity index (χ3v) is 4.35. The molecule has 2 heterocycles. The van der Waals surface area contributed by atoms with Crippen molar-refractivity contribution < 1.29 is 14.3 Å². The molecule has 1 aliphatic heterocycles. The molecule has 1 aromatic carbocycles. The zero-order chi connectivity index (χ0) is 18.4. The highest BCUT2D eigenvalue weighted by Crippen LogP contribution is 2.22. The summed E-state index contributed by atoms with van der Waals surface area (Å²) < 4.78 is 5.08. The van der Waals surface area contributed by atoms with Gasteiger partial charge in [-0.2, -0.15) is 0 Å². The number of aromatic nitrogens is 2. The van der Waals surface area contributed by atoms with E-state index >= 15 is 0 Å². The highest BCUT2D eigenvalue weighted by atomic mass is 16.5. The van der Waals surface area contributed by atoms with Crippen molar-refractivity contribution in [2.24, 2.45) is 5.92 Å². The maximum absolute atomic E-state index is 12.2. The van der Waals surface area contributed by atoms with Crippen LogP contribution in [0.4, 0.5) is 11.5 Å². The van der Waals surface area contributed by atoms with Crippen LogP contribution >= 0.6 is 0 Å². The molecule has 1 aromatic heterocycles. The van der Waals surface area contributed by atoms with E-state index in [9.17, 15) is 9.59 Å². The molecule has 26 heavy (non-hydrogen) atoms. The molecule has 1 fully saturated rings. The number of benzene rings is 1. The second-order valence-electron chi connectivity index (χ2n) is 6.11. The number of ether oxygens (including phenoxy) is 1. The summed E-state index contributed by atoms with van der Waals surface area (Å²) >= 11 is 0. The maximum Gasteiger partial charge on any atom is 0.309 e. The van der Waals surface area contributed by atoms with Crippen molar-refractivity contribution >= 4 is 23.4 Å². The standard InChI is InChI=1S/C19H22N4O3/c1-2-26-19(25)14-10-12-23(13-11-14)17-9-8-16(21-22-17)18(24)20-15-6-4-3-5-7-15/h3-9,14H,2,10-13H2,1H3,(H,20,24). The van der Waals surface area contributed by atoms with Crippen LogP contribution < -0.4 is 10.2 Å². The van der Waals surface area contributed by atoms with Crippen LogP contribution in [0, 0.1) is 5.92 Å². The number of esters is 1. The fourth-order valence-corrected chi connectivity index (χ4v) is 2.94. The normalized spacial score (nSPS) is 14.7. The molecule has 136 valence electrons. The Bertz CT molecular complexity index is 741. The summed E-state index contributed by atoms with van der Waals surface area (Å²) in [5.41, 5.74) is 0.975. The number of rotatable bonds is 5. The molecule has 0 bridgehead atoms. The number of piperidine rings is 1. The summed E-state index contributed by atoms with van der Waals surface area (Å²) in [4.78, 5) is 26.1. The number of para-hydroxylation sites is 1. The summed E-state index contributed by atoms with van der Waals surface area (Å²) in [5, 5.41) is 11.0. The van der Waals surface area contributed by atoms with Gasteiger partial charge in [0.25, 0.3) is 5.91 Å². The zero-order valence-corrected chi connectivity index (χ0v) is 14.7. The van der Waals surface area contributed by atoms with E-state index in [4.69, 9.17) is 4.74 Å². The van der Waals surface area contributed by atoms with Gasteiger partial charge in [-0.15, -0.1) is 10.2 Å². The first-order chi connectivity index (χ1) is 12.7. The number of anilines is 2. The summed E-state index contributed by atoms with van der Waals surface area (Å²) in [6, 6.07) is 12.7. The summed E-state index contributed by atoms with van der Waals surface area (Å²) in [6.07, 6.45) is 1.47. The molecule has 0 spiro atoms. The molecule has 0 unspecified atom stereocenters. The van der Waals surface area contributed by atoms with Gasteiger partial charge in [-0.3, -0.25) is 9.59 Å². The number of carbonyl (C=O) groups excluding carboxylic acids is 2. The van der Waals surface area contributed by atoms with E-state index in [1.54, 1.807) is 12.1 Å². The van der Waals surface area contributed by atoms with Crippen LogP contribution in [0.3, 0.4) is 0 Å². The van der Waals surface area contributed by atoms with Crippen molar-refractivity contribution in [1.82, 2.24) is 10.2 Å². The number of hydrogen-bond donors (Lipinski definition) is 1. The van der Waals surface area contributed by atoms with E-state index < -0.39 is 0 Å². The topological polar surface area (TPSA) is 84.4 Å². The minimum Gasteiger partial charge on any atom is -0.466 e. The van der Waals surface area contributed by atoms with Gasteiger partial charge in [-0.1, -0.05) is 18.2 Å². The zero-order valence-electron chi connectivity index (χ0n) is 14.7. The van der Waals surface area contributed by atoms with Gasteiger partial charge in [0.1, 0.15) is 0 Å². The molecule has 2 aromatic rings. The summed E-state index contributed by atoms with van der Waals surface area (Å²) in [6.45, 7) is 3.66. The SMILES string of the molecule is CCOC(=O)C1CCN(c2ccc(C(=O)Nc3ccccc3)nn2)CC1. The number of carbonyl (C=O) groups is 2. The molecule has 7 nitrogen and oxygen atoms in total. The fraction of sp³-hybridized carbons (Fsp3) is 0.368. The Hall–Kier alpha value is -2.96. The minimum absolute atomic E-state index is 0.0462. The number of amides is 1. The largest absolute Gasteiger partial charge is 0.466 e. The van der Waals surface area contributed by atoms with E-state index in [0.717, 1.165) is 12.8 Å². The van der Waals surface area contributed by atoms with Crippen LogP contribution in [0.15, 0.2) is 42.5 Å². The van der Waals surface area contributed by atoms with Crippen molar-refractivity contribution in [1.29, 1.82) is 0 Å². The second kappa shape index (κ2) is 8.42. The Balaban J connectivity index is 1.56. The molecule has 1 N–H and O–H groups in total. The van der Waals surface area contributed by atoms with Crippen molar-refractivity contribution in [3.8, 4) is 0 Å². The van der Waals surface area contributed by atoms with Crippen molar-refractivity contribution in [3.05, 3.63) is 48.2 Å². The Morgan fingerprint density at radius 2 is 1.85 bits per heavy atom. The maximum atomic E-state index is 12.2. The van der Waals surface area contributed by atoms with Crippen LogP contribution in [0.5, 0.6) is 0 Å². The highest BCUT2D eigenvalue weighted by molar-refractivity contribution is 6.02. The first-order valence-corrected chi connectivity index (χ1v) is 8.79. The third-order valence-electron chi connectivity index (χ3n) is 4.35. The van der Waals surface area contributed by atoms with E-state index in [2.05, 4.69) is 20.4 Å². The summed E-state index contributed by atoms with van der Waals surface area (Å²) in [7, 11) is 0. The molecule has 1 aliphatic rings. The monoisotopic (exact) mass is 354 g/mol. The molecule has 0 aliphatic carbocycles. The molecule has 1 amide bonds. The quantitative estimate of drug-likeness (QED) is 0.831. The van der Waals surface area contributed by atoms with E-state index in [0.29, 0.717) is 31.2 Å². The van der Waals surface area contributed by atoms with Gasteiger partial charge in [0.05, 0.1) is 12.5 Å². The molecule has 0 radical (unpaired) electrons. The van der Waals surface area contributed by atoms with Gasteiger partial charge in [0, 0.05) is 18.8 Å². The summed E-state index contributed by atoms with van der Waals surface area (Å²) in [5.74, 6) is 0.251. The first-order valence-electron chi connectivity index (χ1n) is 8.79. The van der Waals surface area contributed by atoms with Crippen LogP contribution in [0.25, 0.3) is 0 Å². The van der Waals surface area contributed by atoms with Crippen LogP contribution in [0.2, 0.25) is 0 Å². The highest BCUT2D eigenvalue weighted by Gasteiger charge is 2.26. The van der Waals surface area contributed by atoms with Crippen molar-refractivity contribution in [2.75, 3.05) is 29.9 Å². The lowest BCUT2D eigenvalue weighted by Crippen LogP contribution is -2.37. The fourth-order valence-electron chi connectivity index (χ4n) is 2.94. The molecule has 0 atom stereocenters. The Morgan fingerprint density at radius 1 is 1.12 bits per heavy atom. The lowest BCUT2D eigenvalue weighted by atomic mass is 9.97. The molecule has 7 heteroatoms. The van der Waals surface area contributed by atoms with Gasteiger partial charge in [0.2, 0.25) is 0 Å². The minimum atomic E-state index is -0.295. The van der Waals surface area contributed by atoms with E-state index in [-0.39, 0.29) is 23.5 Å². The van der Waals surface area contributed by atoms with Crippen molar-refractivity contribution in [2.45, 2.75) is 19.8 Å². The third kappa shape index (κ3) is 4.36. The van der Waals surface area contributed by atoms with Gasteiger partial charge < -0.3 is 15.0 Å². The molecule has 1 saturated heterocycles. The number of hydrogen-bond acceptors (Lipinski definition) is 6. The van der Waals surface area contributed by atoms with Gasteiger partial charge >= 0.3 is 5.97 Å². The predicted octanol–water partition coefficient (Wildman–Crippen LogP) is 2.51. The van der Waals surface area contributed by atoms with Crippen LogP contribution in [-0.4, -0.2) is 41.8 Å². The van der Waals surface area contributed by atoms with Gasteiger partial charge in [0.15, 0.2) is 11.5 Å². The lowest BCUT2D eigenvalue weighted by Gasteiger charge is -2.31. The average Bonchev–Trinajstić information content (AvgIpc) is 2.69. The smallest absolute Gasteiger partial charge is 0.309 e. The van der Waals surface area contributed by atoms with E-state index in [1.165, 1.54) is 0 Å². The van der Waals surface area contributed by atoms with Crippen LogP contribution in [0.1, 0.15) is 30.3 Å².